The largest absolute Gasteiger partial charge is 0.379 e. The normalized spacial score (nSPS) is 16.0. The Hall–Kier alpha value is -2.19. The van der Waals surface area contributed by atoms with Crippen LogP contribution in [0.4, 0.5) is 0 Å². The lowest BCUT2D eigenvalue weighted by Crippen LogP contribution is -2.55. The maximum absolute atomic E-state index is 12.5. The molecule has 8 heteroatoms. The standard InChI is InChI=1S/C18H28N6O2/c1-12-16(13(2)23(5)22-12)14-10-15(21-20-14)17(25)19-11-18(3,4)24-6-8-26-9-7-24/h10H,6-9,11H2,1-5H3,(H,19,25)(H,20,21). The van der Waals surface area contributed by atoms with Gasteiger partial charge in [0.05, 0.1) is 24.6 Å². The number of hydrogen-bond acceptors (Lipinski definition) is 5. The highest BCUT2D eigenvalue weighted by Crippen LogP contribution is 2.25. The number of nitrogens with zero attached hydrogens (tertiary/aromatic N) is 4. The number of nitrogens with one attached hydrogen (secondary N) is 2. The summed E-state index contributed by atoms with van der Waals surface area (Å²) in [6, 6.07) is 1.79. The van der Waals surface area contributed by atoms with Crippen molar-refractivity contribution in [3.63, 3.8) is 0 Å². The first-order chi connectivity index (χ1) is 12.3. The third-order valence-corrected chi connectivity index (χ3v) is 5.14. The maximum Gasteiger partial charge on any atom is 0.269 e. The number of aromatic nitrogens is 4. The fourth-order valence-electron chi connectivity index (χ4n) is 3.38. The molecule has 1 fully saturated rings. The SMILES string of the molecule is Cc1nn(C)c(C)c1-c1cc(C(=O)NCC(C)(C)N2CCOCC2)[nH]n1. The van der Waals surface area contributed by atoms with Gasteiger partial charge in [-0.1, -0.05) is 0 Å². The average Bonchev–Trinajstić information content (AvgIpc) is 3.19. The summed E-state index contributed by atoms with van der Waals surface area (Å²) >= 11 is 0. The van der Waals surface area contributed by atoms with Crippen molar-refractivity contribution in [2.75, 3.05) is 32.8 Å². The van der Waals surface area contributed by atoms with Crippen molar-refractivity contribution in [3.05, 3.63) is 23.1 Å². The predicted molar refractivity (Wildman–Crippen MR) is 99.1 cm³/mol. The van der Waals surface area contributed by atoms with Gasteiger partial charge in [0.1, 0.15) is 5.69 Å². The molecule has 2 aromatic heterocycles. The van der Waals surface area contributed by atoms with Crippen molar-refractivity contribution in [3.8, 4) is 11.3 Å². The molecule has 0 unspecified atom stereocenters. The van der Waals surface area contributed by atoms with E-state index in [1.54, 1.807) is 6.07 Å². The summed E-state index contributed by atoms with van der Waals surface area (Å²) in [5.74, 6) is -0.149. The number of carbonyl (C=O) groups is 1. The van der Waals surface area contributed by atoms with E-state index in [0.717, 1.165) is 48.9 Å². The van der Waals surface area contributed by atoms with Crippen LogP contribution in [0.3, 0.4) is 0 Å². The highest BCUT2D eigenvalue weighted by molar-refractivity contribution is 5.93. The van der Waals surface area contributed by atoms with Gasteiger partial charge in [0, 0.05) is 43.5 Å². The zero-order valence-corrected chi connectivity index (χ0v) is 16.2. The maximum atomic E-state index is 12.5. The van der Waals surface area contributed by atoms with Crippen LogP contribution in [0.1, 0.15) is 35.7 Å². The molecule has 1 saturated heterocycles. The molecule has 1 aliphatic rings. The fourth-order valence-corrected chi connectivity index (χ4v) is 3.38. The molecule has 0 bridgehead atoms. The van der Waals surface area contributed by atoms with Gasteiger partial charge >= 0.3 is 0 Å². The van der Waals surface area contributed by atoms with Gasteiger partial charge in [-0.2, -0.15) is 10.2 Å². The van der Waals surface area contributed by atoms with Crippen LogP contribution in [0, 0.1) is 13.8 Å². The third-order valence-electron chi connectivity index (χ3n) is 5.14. The van der Waals surface area contributed by atoms with E-state index in [1.165, 1.54) is 0 Å². The molecule has 142 valence electrons. The lowest BCUT2D eigenvalue weighted by Gasteiger charge is -2.40. The van der Waals surface area contributed by atoms with Crippen molar-refractivity contribution in [1.82, 2.24) is 30.2 Å². The summed E-state index contributed by atoms with van der Waals surface area (Å²) in [6.07, 6.45) is 0. The number of hydrogen-bond donors (Lipinski definition) is 2. The topological polar surface area (TPSA) is 88.1 Å². The average molecular weight is 360 g/mol. The van der Waals surface area contributed by atoms with Crippen LogP contribution in [-0.2, 0) is 11.8 Å². The summed E-state index contributed by atoms with van der Waals surface area (Å²) in [4.78, 5) is 14.9. The Bertz CT molecular complexity index is 786. The highest BCUT2D eigenvalue weighted by atomic mass is 16.5. The molecule has 0 radical (unpaired) electrons. The lowest BCUT2D eigenvalue weighted by atomic mass is 10.0. The van der Waals surface area contributed by atoms with Gasteiger partial charge in [0.15, 0.2) is 0 Å². The highest BCUT2D eigenvalue weighted by Gasteiger charge is 2.29. The number of ether oxygens (including phenoxy) is 1. The molecular weight excluding hydrogens is 332 g/mol. The molecule has 26 heavy (non-hydrogen) atoms. The van der Waals surface area contributed by atoms with Gasteiger partial charge in [0.25, 0.3) is 5.91 Å². The van der Waals surface area contributed by atoms with E-state index in [1.807, 2.05) is 25.6 Å². The van der Waals surface area contributed by atoms with Crippen LogP contribution in [0.25, 0.3) is 11.3 Å². The second-order valence-corrected chi connectivity index (χ2v) is 7.43. The van der Waals surface area contributed by atoms with E-state index < -0.39 is 0 Å². The summed E-state index contributed by atoms with van der Waals surface area (Å²) in [7, 11) is 1.90. The minimum Gasteiger partial charge on any atom is -0.379 e. The minimum absolute atomic E-state index is 0.126. The Labute approximate surface area is 153 Å². The first kappa shape index (κ1) is 18.6. The molecule has 1 amide bonds. The van der Waals surface area contributed by atoms with Gasteiger partial charge in [-0.15, -0.1) is 0 Å². The van der Waals surface area contributed by atoms with E-state index >= 15 is 0 Å². The lowest BCUT2D eigenvalue weighted by molar-refractivity contribution is -0.00924. The summed E-state index contributed by atoms with van der Waals surface area (Å²) in [6.45, 7) is 12.0. The van der Waals surface area contributed by atoms with Gasteiger partial charge in [-0.25, -0.2) is 0 Å². The first-order valence-corrected chi connectivity index (χ1v) is 8.96. The number of aromatic amines is 1. The smallest absolute Gasteiger partial charge is 0.269 e. The van der Waals surface area contributed by atoms with Crippen LogP contribution < -0.4 is 5.32 Å². The molecule has 0 aromatic carbocycles. The molecule has 0 spiro atoms. The zero-order valence-electron chi connectivity index (χ0n) is 16.2. The number of rotatable bonds is 5. The quantitative estimate of drug-likeness (QED) is 0.838. The van der Waals surface area contributed by atoms with Gasteiger partial charge in [-0.3, -0.25) is 19.5 Å². The fraction of sp³-hybridized carbons (Fsp3) is 0.611. The summed E-state index contributed by atoms with van der Waals surface area (Å²) < 4.78 is 7.23. The molecular formula is C18H28N6O2. The van der Waals surface area contributed by atoms with Gasteiger partial charge in [-0.05, 0) is 33.8 Å². The van der Waals surface area contributed by atoms with E-state index in [2.05, 4.69) is 39.4 Å². The Morgan fingerprint density at radius 2 is 2.04 bits per heavy atom. The Morgan fingerprint density at radius 3 is 2.65 bits per heavy atom. The van der Waals surface area contributed by atoms with Crippen molar-refractivity contribution < 1.29 is 9.53 Å². The van der Waals surface area contributed by atoms with Gasteiger partial charge < -0.3 is 10.1 Å². The Morgan fingerprint density at radius 1 is 1.35 bits per heavy atom. The van der Waals surface area contributed by atoms with Crippen molar-refractivity contribution in [1.29, 1.82) is 0 Å². The molecule has 1 aliphatic heterocycles. The molecule has 0 saturated carbocycles. The Kier molecular flexibility index (Phi) is 5.15. The molecule has 3 rings (SSSR count). The number of amides is 1. The zero-order chi connectivity index (χ0) is 18.9. The van der Waals surface area contributed by atoms with Crippen LogP contribution in [0.5, 0.6) is 0 Å². The third kappa shape index (κ3) is 3.66. The molecule has 3 heterocycles. The number of carbonyl (C=O) groups excluding carboxylic acids is 1. The summed E-state index contributed by atoms with van der Waals surface area (Å²) in [5.41, 5.74) is 3.97. The first-order valence-electron chi connectivity index (χ1n) is 8.96. The number of H-pyrrole nitrogens is 1. The summed E-state index contributed by atoms with van der Waals surface area (Å²) in [5, 5.41) is 14.6. The Balaban J connectivity index is 1.66. The minimum atomic E-state index is -0.149. The molecule has 8 nitrogen and oxygen atoms in total. The predicted octanol–water partition coefficient (Wildman–Crippen LogP) is 1.27. The molecule has 0 atom stereocenters. The van der Waals surface area contributed by atoms with Crippen LogP contribution in [-0.4, -0.2) is 69.2 Å². The van der Waals surface area contributed by atoms with Crippen LogP contribution >= 0.6 is 0 Å². The van der Waals surface area contributed by atoms with Crippen molar-refractivity contribution in [2.45, 2.75) is 33.2 Å². The number of aryl methyl sites for hydroxylation is 2. The van der Waals surface area contributed by atoms with E-state index in [0.29, 0.717) is 12.2 Å². The van der Waals surface area contributed by atoms with Crippen molar-refractivity contribution >= 4 is 5.91 Å². The molecule has 2 N–H and O–H groups in total. The monoisotopic (exact) mass is 360 g/mol. The van der Waals surface area contributed by atoms with E-state index in [4.69, 9.17) is 4.74 Å². The van der Waals surface area contributed by atoms with Crippen molar-refractivity contribution in [2.24, 2.45) is 7.05 Å². The molecule has 0 aliphatic carbocycles. The van der Waals surface area contributed by atoms with Gasteiger partial charge in [0.2, 0.25) is 0 Å². The molecule has 2 aromatic rings. The second-order valence-electron chi connectivity index (χ2n) is 7.43. The van der Waals surface area contributed by atoms with E-state index in [-0.39, 0.29) is 11.4 Å². The van der Waals surface area contributed by atoms with E-state index in [9.17, 15) is 4.79 Å². The van der Waals surface area contributed by atoms with Crippen LogP contribution in [0.2, 0.25) is 0 Å². The second kappa shape index (κ2) is 7.20. The van der Waals surface area contributed by atoms with Crippen LogP contribution in [0.15, 0.2) is 6.07 Å². The number of morpholine rings is 1.